The average molecular weight is 340 g/mol. The van der Waals surface area contributed by atoms with Crippen LogP contribution in [-0.4, -0.2) is 18.3 Å². The summed E-state index contributed by atoms with van der Waals surface area (Å²) < 4.78 is 0. The van der Waals surface area contributed by atoms with Crippen LogP contribution in [0.25, 0.3) is 0 Å². The molecule has 2 rings (SSSR count). The van der Waals surface area contributed by atoms with Crippen molar-refractivity contribution in [2.75, 3.05) is 13.1 Å². The maximum atomic E-state index is 6.13. The van der Waals surface area contributed by atoms with Crippen LogP contribution in [0.3, 0.4) is 0 Å². The Morgan fingerprint density at radius 2 is 1.95 bits per heavy atom. The molecule has 0 bridgehead atoms. The van der Waals surface area contributed by atoms with Crippen molar-refractivity contribution in [3.63, 3.8) is 0 Å². The third-order valence-electron chi connectivity index (χ3n) is 2.78. The molecule has 0 fully saturated rings. The minimum Gasteiger partial charge on any atom is -0.364 e. The number of aliphatic imine (C=N–C) groups is 1. The smallest absolute Gasteiger partial charge is 0.156 e. The quantitative estimate of drug-likeness (QED) is 0.849. The van der Waals surface area contributed by atoms with Gasteiger partial charge < -0.3 is 5.32 Å². The summed E-state index contributed by atoms with van der Waals surface area (Å²) in [6.07, 6.45) is 0. The summed E-state index contributed by atoms with van der Waals surface area (Å²) in [7, 11) is 0. The van der Waals surface area contributed by atoms with E-state index in [1.54, 1.807) is 11.8 Å². The van der Waals surface area contributed by atoms with Crippen molar-refractivity contribution in [2.24, 2.45) is 10.4 Å². The predicted molar refractivity (Wildman–Crippen MR) is 89.1 cm³/mol. The Bertz CT molecular complexity index is 455. The first-order valence-electron chi connectivity index (χ1n) is 5.82. The standard InChI is InChI=1S/C13H16Cl2N2S.ClH/c1-13(2)7-16-12(17-8-13)18-6-9-10(14)4-3-5-11(9)15;/h3-5H,6-8H2,1-2H3,(H,16,17);1H. The lowest BCUT2D eigenvalue weighted by Gasteiger charge is -2.28. The van der Waals surface area contributed by atoms with Gasteiger partial charge in [-0.25, -0.2) is 0 Å². The van der Waals surface area contributed by atoms with Crippen LogP contribution in [0, 0.1) is 5.41 Å². The predicted octanol–water partition coefficient (Wildman–Crippen LogP) is 4.63. The molecule has 1 aromatic carbocycles. The highest BCUT2D eigenvalue weighted by Crippen LogP contribution is 2.29. The number of hydrogen-bond donors (Lipinski definition) is 1. The molecule has 19 heavy (non-hydrogen) atoms. The fourth-order valence-corrected chi connectivity index (χ4v) is 3.23. The van der Waals surface area contributed by atoms with E-state index in [-0.39, 0.29) is 17.8 Å². The van der Waals surface area contributed by atoms with E-state index in [0.717, 1.165) is 29.6 Å². The lowest BCUT2D eigenvalue weighted by molar-refractivity contribution is 0.364. The zero-order valence-corrected chi connectivity index (χ0v) is 14.0. The molecule has 1 N–H and O–H groups in total. The van der Waals surface area contributed by atoms with Crippen molar-refractivity contribution in [3.05, 3.63) is 33.8 Å². The van der Waals surface area contributed by atoms with Crippen molar-refractivity contribution < 1.29 is 0 Å². The van der Waals surface area contributed by atoms with Gasteiger partial charge in [-0.1, -0.05) is 54.9 Å². The number of thioether (sulfide) groups is 1. The first-order chi connectivity index (χ1) is 8.48. The molecule has 1 aliphatic rings. The maximum absolute atomic E-state index is 6.13. The van der Waals surface area contributed by atoms with Crippen LogP contribution in [0.5, 0.6) is 0 Å². The monoisotopic (exact) mass is 338 g/mol. The summed E-state index contributed by atoms with van der Waals surface area (Å²) in [5.74, 6) is 0.741. The molecule has 1 heterocycles. The molecule has 0 saturated heterocycles. The van der Waals surface area contributed by atoms with Gasteiger partial charge in [0.15, 0.2) is 5.17 Å². The number of rotatable bonds is 2. The van der Waals surface area contributed by atoms with E-state index in [1.807, 2.05) is 18.2 Å². The molecule has 0 spiro atoms. The van der Waals surface area contributed by atoms with E-state index in [4.69, 9.17) is 23.2 Å². The van der Waals surface area contributed by atoms with Crippen LogP contribution in [0.2, 0.25) is 10.0 Å². The van der Waals surface area contributed by atoms with Gasteiger partial charge in [0.05, 0.1) is 0 Å². The molecule has 0 saturated carbocycles. The fourth-order valence-electron chi connectivity index (χ4n) is 1.62. The van der Waals surface area contributed by atoms with Gasteiger partial charge in [0, 0.05) is 34.3 Å². The van der Waals surface area contributed by atoms with Crippen LogP contribution in [-0.2, 0) is 5.75 Å². The normalized spacial score (nSPS) is 17.2. The van der Waals surface area contributed by atoms with Crippen molar-refractivity contribution in [2.45, 2.75) is 19.6 Å². The highest BCUT2D eigenvalue weighted by molar-refractivity contribution is 8.13. The summed E-state index contributed by atoms with van der Waals surface area (Å²) in [6.45, 7) is 6.22. The molecule has 1 aromatic rings. The highest BCUT2D eigenvalue weighted by Gasteiger charge is 2.22. The topological polar surface area (TPSA) is 24.4 Å². The Balaban J connectivity index is 0.00000180. The zero-order valence-electron chi connectivity index (χ0n) is 10.9. The van der Waals surface area contributed by atoms with Crippen LogP contribution in [0.15, 0.2) is 23.2 Å². The van der Waals surface area contributed by atoms with Crippen LogP contribution < -0.4 is 5.32 Å². The molecule has 2 nitrogen and oxygen atoms in total. The molecule has 0 aliphatic carbocycles. The summed E-state index contributed by atoms with van der Waals surface area (Å²) >= 11 is 13.9. The van der Waals surface area contributed by atoms with Crippen molar-refractivity contribution >= 4 is 52.5 Å². The molecule has 106 valence electrons. The second kappa shape index (κ2) is 7.07. The minimum absolute atomic E-state index is 0. The third kappa shape index (κ3) is 4.75. The van der Waals surface area contributed by atoms with Gasteiger partial charge in [-0.05, 0) is 17.7 Å². The van der Waals surface area contributed by atoms with E-state index >= 15 is 0 Å². The zero-order chi connectivity index (χ0) is 13.2. The highest BCUT2D eigenvalue weighted by atomic mass is 35.5. The second-order valence-electron chi connectivity index (χ2n) is 5.13. The summed E-state index contributed by atoms with van der Waals surface area (Å²) in [5, 5.41) is 5.75. The number of nitrogens with one attached hydrogen (secondary N) is 1. The molecular weight excluding hydrogens is 323 g/mol. The average Bonchev–Trinajstić information content (AvgIpc) is 2.30. The largest absolute Gasteiger partial charge is 0.364 e. The van der Waals surface area contributed by atoms with E-state index in [0.29, 0.717) is 10.0 Å². The van der Waals surface area contributed by atoms with Crippen LogP contribution in [0.1, 0.15) is 19.4 Å². The van der Waals surface area contributed by atoms with Gasteiger partial charge in [-0.15, -0.1) is 12.4 Å². The van der Waals surface area contributed by atoms with Gasteiger partial charge in [0.2, 0.25) is 0 Å². The summed E-state index contributed by atoms with van der Waals surface area (Å²) in [5.41, 5.74) is 1.21. The first kappa shape index (κ1) is 17.0. The molecule has 0 atom stereocenters. The number of benzene rings is 1. The molecule has 6 heteroatoms. The van der Waals surface area contributed by atoms with Crippen molar-refractivity contribution in [1.82, 2.24) is 5.32 Å². The molecule has 0 amide bonds. The Kier molecular flexibility index (Phi) is 6.31. The minimum atomic E-state index is 0. The Labute approximate surface area is 134 Å². The van der Waals surface area contributed by atoms with Crippen molar-refractivity contribution in [3.8, 4) is 0 Å². The SMILES string of the molecule is CC1(C)CN=C(SCc2c(Cl)cccc2Cl)NC1.Cl. The van der Waals surface area contributed by atoms with Gasteiger partial charge in [-0.3, -0.25) is 4.99 Å². The molecule has 0 unspecified atom stereocenters. The van der Waals surface area contributed by atoms with Crippen LogP contribution >= 0.6 is 47.4 Å². The molecule has 0 aromatic heterocycles. The first-order valence-corrected chi connectivity index (χ1v) is 7.56. The Morgan fingerprint density at radius 1 is 1.32 bits per heavy atom. The number of amidine groups is 1. The molecule has 0 radical (unpaired) electrons. The Hall–Kier alpha value is -0.0900. The lowest BCUT2D eigenvalue weighted by Crippen LogP contribution is -2.39. The number of nitrogens with zero attached hydrogens (tertiary/aromatic N) is 1. The van der Waals surface area contributed by atoms with Crippen LogP contribution in [0.4, 0.5) is 0 Å². The van der Waals surface area contributed by atoms with Crippen molar-refractivity contribution in [1.29, 1.82) is 0 Å². The summed E-state index contributed by atoms with van der Waals surface area (Å²) in [4.78, 5) is 4.54. The Morgan fingerprint density at radius 3 is 2.47 bits per heavy atom. The lowest BCUT2D eigenvalue weighted by atomic mass is 9.93. The summed E-state index contributed by atoms with van der Waals surface area (Å²) in [6, 6.07) is 5.59. The fraction of sp³-hybridized carbons (Fsp3) is 0.462. The van der Waals surface area contributed by atoms with E-state index in [9.17, 15) is 0 Å². The van der Waals surface area contributed by atoms with Gasteiger partial charge in [0.25, 0.3) is 0 Å². The molecule has 1 aliphatic heterocycles. The molecular formula is C13H17Cl3N2S. The second-order valence-corrected chi connectivity index (χ2v) is 6.91. The van der Waals surface area contributed by atoms with Gasteiger partial charge in [-0.2, -0.15) is 0 Å². The third-order valence-corrected chi connectivity index (χ3v) is 4.47. The van der Waals surface area contributed by atoms with E-state index in [1.165, 1.54) is 0 Å². The van der Waals surface area contributed by atoms with E-state index in [2.05, 4.69) is 24.2 Å². The van der Waals surface area contributed by atoms with E-state index < -0.39 is 0 Å². The number of halogens is 3. The van der Waals surface area contributed by atoms with Gasteiger partial charge in [0.1, 0.15) is 0 Å². The number of hydrogen-bond acceptors (Lipinski definition) is 3. The maximum Gasteiger partial charge on any atom is 0.156 e. The van der Waals surface area contributed by atoms with Gasteiger partial charge >= 0.3 is 0 Å².